The maximum atomic E-state index is 12.7. The van der Waals surface area contributed by atoms with Crippen molar-refractivity contribution in [2.45, 2.75) is 19.9 Å². The van der Waals surface area contributed by atoms with Crippen LogP contribution in [-0.2, 0) is 13.0 Å². The molecule has 0 fully saturated rings. The number of anilines is 1. The molecule has 0 aliphatic heterocycles. The Kier molecular flexibility index (Phi) is 2.90. The summed E-state index contributed by atoms with van der Waals surface area (Å²) in [6.45, 7) is 2.67. The van der Waals surface area contributed by atoms with Crippen molar-refractivity contribution in [1.82, 2.24) is 9.55 Å². The van der Waals surface area contributed by atoms with Crippen molar-refractivity contribution in [2.75, 3.05) is 5.73 Å². The summed E-state index contributed by atoms with van der Waals surface area (Å²) in [5, 5.41) is 0. The fraction of sp³-hybridized carbons (Fsp3) is 0.250. The van der Waals surface area contributed by atoms with Crippen LogP contribution in [0.1, 0.15) is 11.3 Å². The van der Waals surface area contributed by atoms with Crippen molar-refractivity contribution in [2.24, 2.45) is 0 Å². The predicted molar refractivity (Wildman–Crippen MR) is 61.5 cm³/mol. The van der Waals surface area contributed by atoms with E-state index in [1.54, 1.807) is 12.1 Å². The average molecular weight is 219 g/mol. The summed E-state index contributed by atoms with van der Waals surface area (Å²) in [4.78, 5) is 4.12. The minimum absolute atomic E-state index is 0.207. The van der Waals surface area contributed by atoms with Crippen LogP contribution in [0, 0.1) is 12.7 Å². The van der Waals surface area contributed by atoms with E-state index in [2.05, 4.69) is 4.98 Å². The third kappa shape index (κ3) is 2.39. The summed E-state index contributed by atoms with van der Waals surface area (Å²) in [7, 11) is 0. The van der Waals surface area contributed by atoms with Gasteiger partial charge in [0, 0.05) is 12.7 Å². The van der Waals surface area contributed by atoms with Gasteiger partial charge in [0.25, 0.3) is 0 Å². The van der Waals surface area contributed by atoms with E-state index in [1.165, 1.54) is 12.1 Å². The quantitative estimate of drug-likeness (QED) is 0.859. The molecule has 1 heterocycles. The maximum Gasteiger partial charge on any atom is 0.200 e. The molecule has 84 valence electrons. The zero-order chi connectivity index (χ0) is 11.5. The zero-order valence-electron chi connectivity index (χ0n) is 9.15. The third-order valence-electron chi connectivity index (χ3n) is 2.48. The smallest absolute Gasteiger partial charge is 0.200 e. The van der Waals surface area contributed by atoms with Crippen LogP contribution < -0.4 is 5.73 Å². The van der Waals surface area contributed by atoms with Crippen molar-refractivity contribution in [1.29, 1.82) is 0 Å². The lowest BCUT2D eigenvalue weighted by molar-refractivity contribution is 0.625. The van der Waals surface area contributed by atoms with Crippen molar-refractivity contribution >= 4 is 5.95 Å². The van der Waals surface area contributed by atoms with Crippen LogP contribution in [0.3, 0.4) is 0 Å². The Morgan fingerprint density at radius 3 is 2.56 bits per heavy atom. The number of hydrogen-bond acceptors (Lipinski definition) is 2. The summed E-state index contributed by atoms with van der Waals surface area (Å²) in [5.74, 6) is 0.321. The Morgan fingerprint density at radius 2 is 2.00 bits per heavy atom. The second-order valence-electron chi connectivity index (χ2n) is 3.81. The molecule has 0 unspecified atom stereocenters. The number of nitrogen functional groups attached to an aromatic ring is 1. The van der Waals surface area contributed by atoms with Gasteiger partial charge >= 0.3 is 0 Å². The molecule has 0 atom stereocenters. The SMILES string of the molecule is Cc1cn(CCc2ccc(F)cc2)c(N)n1. The molecule has 0 spiro atoms. The maximum absolute atomic E-state index is 12.7. The molecule has 2 rings (SSSR count). The number of nitrogens with zero attached hydrogens (tertiary/aromatic N) is 2. The molecule has 0 saturated heterocycles. The van der Waals surface area contributed by atoms with E-state index in [9.17, 15) is 4.39 Å². The highest BCUT2D eigenvalue weighted by atomic mass is 19.1. The Morgan fingerprint density at radius 1 is 1.31 bits per heavy atom. The van der Waals surface area contributed by atoms with Gasteiger partial charge in [-0.1, -0.05) is 12.1 Å². The average Bonchev–Trinajstić information content (AvgIpc) is 2.57. The summed E-state index contributed by atoms with van der Waals surface area (Å²) < 4.78 is 14.6. The van der Waals surface area contributed by atoms with Crippen molar-refractivity contribution < 1.29 is 4.39 Å². The largest absolute Gasteiger partial charge is 0.369 e. The van der Waals surface area contributed by atoms with Crippen molar-refractivity contribution in [3.63, 3.8) is 0 Å². The molecular weight excluding hydrogens is 205 g/mol. The van der Waals surface area contributed by atoms with Gasteiger partial charge in [0.05, 0.1) is 5.69 Å². The number of rotatable bonds is 3. The highest BCUT2D eigenvalue weighted by molar-refractivity contribution is 5.22. The van der Waals surface area contributed by atoms with E-state index in [1.807, 2.05) is 17.7 Å². The number of nitrogens with two attached hydrogens (primary N) is 1. The van der Waals surface area contributed by atoms with Gasteiger partial charge in [-0.05, 0) is 31.0 Å². The number of aromatic nitrogens is 2. The van der Waals surface area contributed by atoms with Gasteiger partial charge in [0.2, 0.25) is 0 Å². The van der Waals surface area contributed by atoms with Crippen LogP contribution in [0.25, 0.3) is 0 Å². The molecule has 1 aromatic carbocycles. The molecule has 0 saturated carbocycles. The van der Waals surface area contributed by atoms with E-state index in [4.69, 9.17) is 5.73 Å². The van der Waals surface area contributed by atoms with Gasteiger partial charge in [-0.15, -0.1) is 0 Å². The number of aryl methyl sites for hydroxylation is 3. The van der Waals surface area contributed by atoms with Gasteiger partial charge in [0.1, 0.15) is 5.82 Å². The topological polar surface area (TPSA) is 43.8 Å². The van der Waals surface area contributed by atoms with Gasteiger partial charge in [0.15, 0.2) is 5.95 Å². The molecule has 0 aliphatic carbocycles. The van der Waals surface area contributed by atoms with Gasteiger partial charge in [-0.3, -0.25) is 0 Å². The molecule has 0 aliphatic rings. The molecule has 0 bridgehead atoms. The molecule has 2 N–H and O–H groups in total. The zero-order valence-corrected chi connectivity index (χ0v) is 9.15. The predicted octanol–water partition coefficient (Wildman–Crippen LogP) is 2.16. The summed E-state index contributed by atoms with van der Waals surface area (Å²) in [6.07, 6.45) is 2.74. The minimum Gasteiger partial charge on any atom is -0.369 e. The molecule has 4 heteroatoms. The number of hydrogen-bond donors (Lipinski definition) is 1. The number of halogens is 1. The van der Waals surface area contributed by atoms with Crippen LogP contribution in [0.15, 0.2) is 30.5 Å². The van der Waals surface area contributed by atoms with Gasteiger partial charge in [-0.25, -0.2) is 9.37 Å². The van der Waals surface area contributed by atoms with Crippen LogP contribution in [0.2, 0.25) is 0 Å². The van der Waals surface area contributed by atoms with Crippen LogP contribution in [0.4, 0.5) is 10.3 Å². The summed E-state index contributed by atoms with van der Waals surface area (Å²) >= 11 is 0. The summed E-state index contributed by atoms with van der Waals surface area (Å²) in [5.41, 5.74) is 7.72. The van der Waals surface area contributed by atoms with E-state index < -0.39 is 0 Å². The van der Waals surface area contributed by atoms with E-state index in [0.717, 1.165) is 24.2 Å². The van der Waals surface area contributed by atoms with Crippen molar-refractivity contribution in [3.8, 4) is 0 Å². The normalized spacial score (nSPS) is 10.6. The van der Waals surface area contributed by atoms with Gasteiger partial charge in [-0.2, -0.15) is 0 Å². The molecule has 0 radical (unpaired) electrons. The Balaban J connectivity index is 2.02. The lowest BCUT2D eigenvalue weighted by Crippen LogP contribution is -2.04. The first-order valence-electron chi connectivity index (χ1n) is 5.19. The molecule has 3 nitrogen and oxygen atoms in total. The Labute approximate surface area is 93.7 Å². The van der Waals surface area contributed by atoms with E-state index >= 15 is 0 Å². The van der Waals surface area contributed by atoms with E-state index in [0.29, 0.717) is 5.95 Å². The lowest BCUT2D eigenvalue weighted by atomic mass is 10.1. The Bertz CT molecular complexity index is 474. The standard InChI is InChI=1S/C12H14FN3/c1-9-8-16(12(14)15-9)7-6-10-2-4-11(13)5-3-10/h2-5,8H,6-7H2,1H3,(H2,14,15). The first kappa shape index (κ1) is 10.7. The second-order valence-corrected chi connectivity index (χ2v) is 3.81. The molecular formula is C12H14FN3. The highest BCUT2D eigenvalue weighted by Crippen LogP contribution is 2.08. The molecule has 16 heavy (non-hydrogen) atoms. The first-order valence-corrected chi connectivity index (χ1v) is 5.19. The fourth-order valence-corrected chi connectivity index (χ4v) is 1.65. The molecule has 2 aromatic rings. The number of imidazole rings is 1. The van der Waals surface area contributed by atoms with Crippen LogP contribution in [0.5, 0.6) is 0 Å². The third-order valence-corrected chi connectivity index (χ3v) is 2.48. The number of benzene rings is 1. The monoisotopic (exact) mass is 219 g/mol. The van der Waals surface area contributed by atoms with Crippen LogP contribution in [-0.4, -0.2) is 9.55 Å². The molecule has 0 amide bonds. The van der Waals surface area contributed by atoms with Crippen LogP contribution >= 0.6 is 0 Å². The minimum atomic E-state index is -0.207. The van der Waals surface area contributed by atoms with Gasteiger partial charge < -0.3 is 10.3 Å². The first-order chi connectivity index (χ1) is 7.65. The summed E-state index contributed by atoms with van der Waals surface area (Å²) in [6, 6.07) is 6.51. The molecule has 1 aromatic heterocycles. The van der Waals surface area contributed by atoms with E-state index in [-0.39, 0.29) is 5.82 Å². The fourth-order valence-electron chi connectivity index (χ4n) is 1.65. The van der Waals surface area contributed by atoms with Crippen molar-refractivity contribution in [3.05, 3.63) is 47.5 Å². The lowest BCUT2D eigenvalue weighted by Gasteiger charge is -2.04. The second kappa shape index (κ2) is 4.35. The Hall–Kier alpha value is -1.84. The highest BCUT2D eigenvalue weighted by Gasteiger charge is 2.01.